The highest BCUT2D eigenvalue weighted by atomic mass is 16.5. The maximum Gasteiger partial charge on any atom is 0.255 e. The highest BCUT2D eigenvalue weighted by Gasteiger charge is 2.21. The molecular weight excluding hydrogens is 362 g/mol. The van der Waals surface area contributed by atoms with E-state index < -0.39 is 0 Å². The summed E-state index contributed by atoms with van der Waals surface area (Å²) in [5, 5.41) is 3.31. The number of ether oxygens (including phenoxy) is 1. The van der Waals surface area contributed by atoms with Gasteiger partial charge < -0.3 is 15.0 Å². The Morgan fingerprint density at radius 1 is 0.966 bits per heavy atom. The summed E-state index contributed by atoms with van der Waals surface area (Å²) in [6.45, 7) is 3.88. The lowest BCUT2D eigenvalue weighted by Crippen LogP contribution is -2.37. The minimum Gasteiger partial charge on any atom is -0.457 e. The van der Waals surface area contributed by atoms with E-state index in [2.05, 4.69) is 17.2 Å². The Bertz CT molecular complexity index is 949. The first-order valence-corrected chi connectivity index (χ1v) is 10.0. The lowest BCUT2D eigenvalue weighted by Gasteiger charge is -2.30. The summed E-state index contributed by atoms with van der Waals surface area (Å²) < 4.78 is 5.82. The molecule has 0 unspecified atom stereocenters. The number of rotatable bonds is 5. The Hall–Kier alpha value is -3.34. The molecule has 2 aromatic carbocycles. The molecule has 0 spiro atoms. The van der Waals surface area contributed by atoms with E-state index in [1.807, 2.05) is 65.6 Å². The third-order valence-corrected chi connectivity index (χ3v) is 5.18. The third-order valence-electron chi connectivity index (χ3n) is 5.18. The summed E-state index contributed by atoms with van der Waals surface area (Å²) in [5.41, 5.74) is 2.31. The topological polar surface area (TPSA) is 54.5 Å². The van der Waals surface area contributed by atoms with E-state index >= 15 is 0 Å². The molecule has 1 aromatic heterocycles. The van der Waals surface area contributed by atoms with Crippen LogP contribution in [0.4, 0.5) is 11.4 Å². The quantitative estimate of drug-likeness (QED) is 0.629. The van der Waals surface area contributed by atoms with E-state index in [0.717, 1.165) is 48.8 Å². The minimum atomic E-state index is 0.0552. The first-order valence-electron chi connectivity index (χ1n) is 10.0. The second-order valence-corrected chi connectivity index (χ2v) is 7.50. The van der Waals surface area contributed by atoms with Crippen molar-refractivity contribution >= 4 is 17.3 Å². The van der Waals surface area contributed by atoms with Gasteiger partial charge in [-0.1, -0.05) is 25.1 Å². The minimum absolute atomic E-state index is 0.0552. The normalized spacial score (nSPS) is 14.4. The van der Waals surface area contributed by atoms with Gasteiger partial charge in [0.2, 0.25) is 0 Å². The van der Waals surface area contributed by atoms with Crippen LogP contribution in [-0.4, -0.2) is 28.9 Å². The van der Waals surface area contributed by atoms with Gasteiger partial charge in [-0.2, -0.15) is 0 Å². The Kier molecular flexibility index (Phi) is 5.75. The largest absolute Gasteiger partial charge is 0.457 e. The van der Waals surface area contributed by atoms with Crippen LogP contribution in [0.15, 0.2) is 73.1 Å². The average Bonchev–Trinajstić information content (AvgIpc) is 2.76. The summed E-state index contributed by atoms with van der Waals surface area (Å²) in [5.74, 6) is 2.32. The van der Waals surface area contributed by atoms with Crippen molar-refractivity contribution in [3.8, 4) is 11.5 Å². The fourth-order valence-electron chi connectivity index (χ4n) is 3.42. The molecule has 1 fully saturated rings. The monoisotopic (exact) mass is 387 g/mol. The SMILES string of the molecule is CC1CCN(C(=O)c2cncc(Nc3ccc(Oc4ccccc4)cc3)c2)CC1. The number of piperidine rings is 1. The molecule has 148 valence electrons. The standard InChI is InChI=1S/C24H25N3O2/c1-18-11-13-27(14-12-18)24(28)19-15-21(17-25-16-19)26-20-7-9-23(10-8-20)29-22-5-3-2-4-6-22/h2-10,15-18,26H,11-14H2,1H3. The van der Waals surface area contributed by atoms with Crippen molar-refractivity contribution in [2.24, 2.45) is 5.92 Å². The van der Waals surface area contributed by atoms with Crippen molar-refractivity contribution in [1.82, 2.24) is 9.88 Å². The number of para-hydroxylation sites is 1. The van der Waals surface area contributed by atoms with Crippen LogP contribution in [0.3, 0.4) is 0 Å². The van der Waals surface area contributed by atoms with E-state index in [1.165, 1.54) is 0 Å². The molecular formula is C24H25N3O2. The van der Waals surface area contributed by atoms with Gasteiger partial charge >= 0.3 is 0 Å². The fourth-order valence-corrected chi connectivity index (χ4v) is 3.42. The number of anilines is 2. The van der Waals surface area contributed by atoms with Crippen molar-refractivity contribution in [2.75, 3.05) is 18.4 Å². The zero-order chi connectivity index (χ0) is 20.1. The second kappa shape index (κ2) is 8.78. The summed E-state index contributed by atoms with van der Waals surface area (Å²) >= 11 is 0. The summed E-state index contributed by atoms with van der Waals surface area (Å²) in [6.07, 6.45) is 5.49. The number of nitrogens with zero attached hydrogens (tertiary/aromatic N) is 2. The van der Waals surface area contributed by atoms with Crippen molar-refractivity contribution in [3.63, 3.8) is 0 Å². The lowest BCUT2D eigenvalue weighted by atomic mass is 9.99. The molecule has 3 aromatic rings. The summed E-state index contributed by atoms with van der Waals surface area (Å²) in [4.78, 5) is 18.9. The van der Waals surface area contributed by atoms with E-state index in [0.29, 0.717) is 11.5 Å². The zero-order valence-electron chi connectivity index (χ0n) is 16.5. The first kappa shape index (κ1) is 19.0. The Morgan fingerprint density at radius 3 is 2.38 bits per heavy atom. The number of amides is 1. The van der Waals surface area contributed by atoms with Crippen LogP contribution in [-0.2, 0) is 0 Å². The van der Waals surface area contributed by atoms with Gasteiger partial charge in [0.15, 0.2) is 0 Å². The predicted octanol–water partition coefficient (Wildman–Crippen LogP) is 5.49. The highest BCUT2D eigenvalue weighted by Crippen LogP contribution is 2.25. The van der Waals surface area contributed by atoms with Gasteiger partial charge in [0, 0.05) is 25.0 Å². The molecule has 5 nitrogen and oxygen atoms in total. The molecule has 1 aliphatic heterocycles. The Morgan fingerprint density at radius 2 is 1.66 bits per heavy atom. The maximum absolute atomic E-state index is 12.8. The van der Waals surface area contributed by atoms with Crippen molar-refractivity contribution < 1.29 is 9.53 Å². The molecule has 1 aliphatic rings. The van der Waals surface area contributed by atoms with Gasteiger partial charge in [-0.3, -0.25) is 9.78 Å². The molecule has 5 heteroatoms. The first-order chi connectivity index (χ1) is 14.2. The second-order valence-electron chi connectivity index (χ2n) is 7.50. The number of carbonyl (C=O) groups excluding carboxylic acids is 1. The van der Waals surface area contributed by atoms with Crippen LogP contribution in [0.2, 0.25) is 0 Å². The van der Waals surface area contributed by atoms with Crippen molar-refractivity contribution in [1.29, 1.82) is 0 Å². The van der Waals surface area contributed by atoms with E-state index in [9.17, 15) is 4.79 Å². The highest BCUT2D eigenvalue weighted by molar-refractivity contribution is 5.95. The number of hydrogen-bond donors (Lipinski definition) is 1. The molecule has 0 saturated carbocycles. The molecule has 29 heavy (non-hydrogen) atoms. The number of pyridine rings is 1. The number of likely N-dealkylation sites (tertiary alicyclic amines) is 1. The molecule has 0 bridgehead atoms. The number of carbonyl (C=O) groups is 1. The maximum atomic E-state index is 12.8. The van der Waals surface area contributed by atoms with E-state index in [-0.39, 0.29) is 5.91 Å². The number of benzene rings is 2. The molecule has 0 aliphatic carbocycles. The summed E-state index contributed by atoms with van der Waals surface area (Å²) in [7, 11) is 0. The summed E-state index contributed by atoms with van der Waals surface area (Å²) in [6, 6.07) is 19.2. The molecule has 1 amide bonds. The van der Waals surface area contributed by atoms with Crippen LogP contribution in [0.5, 0.6) is 11.5 Å². The molecule has 4 rings (SSSR count). The van der Waals surface area contributed by atoms with Crippen molar-refractivity contribution in [3.05, 3.63) is 78.6 Å². The molecule has 0 radical (unpaired) electrons. The Labute approximate surface area is 171 Å². The molecule has 1 N–H and O–H groups in total. The van der Waals surface area contributed by atoms with Crippen LogP contribution < -0.4 is 10.1 Å². The van der Waals surface area contributed by atoms with Crippen LogP contribution in [0, 0.1) is 5.92 Å². The van der Waals surface area contributed by atoms with Crippen molar-refractivity contribution in [2.45, 2.75) is 19.8 Å². The van der Waals surface area contributed by atoms with Gasteiger partial charge in [0.1, 0.15) is 11.5 Å². The van der Waals surface area contributed by atoms with Gasteiger partial charge in [0.05, 0.1) is 17.4 Å². The number of nitrogens with one attached hydrogen (secondary N) is 1. The van der Waals surface area contributed by atoms with Gasteiger partial charge in [-0.25, -0.2) is 0 Å². The Balaban J connectivity index is 1.40. The zero-order valence-corrected chi connectivity index (χ0v) is 16.5. The van der Waals surface area contributed by atoms with E-state index in [1.54, 1.807) is 12.4 Å². The van der Waals surface area contributed by atoms with E-state index in [4.69, 9.17) is 4.74 Å². The molecule has 0 atom stereocenters. The predicted molar refractivity (Wildman–Crippen MR) is 115 cm³/mol. The van der Waals surface area contributed by atoms with Gasteiger partial charge in [0.25, 0.3) is 5.91 Å². The molecule has 1 saturated heterocycles. The van der Waals surface area contributed by atoms with Crippen LogP contribution in [0.25, 0.3) is 0 Å². The van der Waals surface area contributed by atoms with Crippen LogP contribution >= 0.6 is 0 Å². The van der Waals surface area contributed by atoms with Gasteiger partial charge in [-0.15, -0.1) is 0 Å². The van der Waals surface area contributed by atoms with Gasteiger partial charge in [-0.05, 0) is 61.2 Å². The molecule has 2 heterocycles. The fraction of sp³-hybridized carbons (Fsp3) is 0.250. The van der Waals surface area contributed by atoms with Crippen LogP contribution in [0.1, 0.15) is 30.1 Å². The number of hydrogen-bond acceptors (Lipinski definition) is 4. The third kappa shape index (κ3) is 4.93. The lowest BCUT2D eigenvalue weighted by molar-refractivity contribution is 0.0697. The number of aromatic nitrogens is 1. The average molecular weight is 387 g/mol. The smallest absolute Gasteiger partial charge is 0.255 e.